The van der Waals surface area contributed by atoms with E-state index in [1.807, 2.05) is 0 Å². The topological polar surface area (TPSA) is 119 Å². The van der Waals surface area contributed by atoms with Gasteiger partial charge in [0, 0.05) is 25.8 Å². The summed E-state index contributed by atoms with van der Waals surface area (Å²) in [6.07, 6.45) is -0.116. The van der Waals surface area contributed by atoms with E-state index in [0.29, 0.717) is 0 Å². The van der Waals surface area contributed by atoms with Crippen LogP contribution in [0, 0.1) is 16.9 Å². The molecule has 3 saturated heterocycles. The van der Waals surface area contributed by atoms with E-state index in [1.54, 1.807) is 27.7 Å². The summed E-state index contributed by atoms with van der Waals surface area (Å²) >= 11 is -0.703. The van der Waals surface area contributed by atoms with Gasteiger partial charge in [-0.25, -0.2) is 0 Å². The van der Waals surface area contributed by atoms with Crippen LogP contribution >= 0.6 is 0 Å². The number of fused-ring (bicyclic) bond motifs is 1. The minimum atomic E-state index is -6.28. The van der Waals surface area contributed by atoms with Gasteiger partial charge in [0.05, 0.1) is 0 Å². The molecule has 8 nitrogen and oxygen atoms in total. The molecule has 27 heavy (non-hydrogen) atoms. The Labute approximate surface area is 189 Å². The molecule has 0 aliphatic carbocycles. The zero-order valence-electron chi connectivity index (χ0n) is 15.1. The Bertz CT molecular complexity index is 843. The fourth-order valence-electron chi connectivity index (χ4n) is 4.46. The van der Waals surface area contributed by atoms with Crippen LogP contribution in [0.3, 0.4) is 0 Å². The summed E-state index contributed by atoms with van der Waals surface area (Å²) in [4.78, 5) is 24.5. The van der Waals surface area contributed by atoms with Crippen molar-refractivity contribution in [3.05, 3.63) is 6.10 Å². The summed E-state index contributed by atoms with van der Waals surface area (Å²) < 4.78 is 74.1. The minimum Gasteiger partial charge on any atom is 0 e. The summed E-state index contributed by atoms with van der Waals surface area (Å²) in [5.41, 5.74) is -4.94. The fraction of sp³-hybridized carbons (Fsp3) is 0.786. The summed E-state index contributed by atoms with van der Waals surface area (Å²) in [6.45, 7) is 8.01. The number of hydrogen-bond acceptors (Lipinski definition) is 8. The van der Waals surface area contributed by atoms with E-state index in [-0.39, 0.29) is 31.9 Å². The van der Waals surface area contributed by atoms with Gasteiger partial charge in [-0.2, -0.15) is 0 Å². The smallest absolute Gasteiger partial charge is 0 e. The first-order valence-electron chi connectivity index (χ1n) is 7.57. The van der Waals surface area contributed by atoms with Crippen LogP contribution in [0.1, 0.15) is 34.6 Å². The predicted octanol–water partition coefficient (Wildman–Crippen LogP) is 0.591. The molecule has 3 rings (SSSR count). The van der Waals surface area contributed by atoms with Gasteiger partial charge in [-0.3, -0.25) is 0 Å². The van der Waals surface area contributed by atoms with Crippen LogP contribution in [0.15, 0.2) is 0 Å². The van der Waals surface area contributed by atoms with Gasteiger partial charge >= 0.3 is 165 Å². The summed E-state index contributed by atoms with van der Waals surface area (Å²) in [5.74, 6) is -3.15. The van der Waals surface area contributed by atoms with Crippen molar-refractivity contribution in [3.63, 3.8) is 0 Å². The Morgan fingerprint density at radius 1 is 1.26 bits per heavy atom. The van der Waals surface area contributed by atoms with Gasteiger partial charge in [0.1, 0.15) is 0 Å². The Hall–Kier alpha value is 0.475. The number of alkyl halides is 2. The molecule has 3 aliphatic heterocycles. The largest absolute Gasteiger partial charge is 0 e. The third-order valence-electron chi connectivity index (χ3n) is 6.80. The molecule has 0 aromatic carbocycles. The molecule has 4 unspecified atom stereocenters. The molecule has 0 radical (unpaired) electrons. The molecule has 13 heteroatoms. The van der Waals surface area contributed by atoms with Crippen molar-refractivity contribution in [1.82, 2.24) is 0 Å². The maximum Gasteiger partial charge on any atom is 0 e. The van der Waals surface area contributed by atoms with E-state index in [1.165, 1.54) is 6.92 Å². The Kier molecular flexibility index (Phi) is 5.09. The second-order valence-corrected chi connectivity index (χ2v) is 13.1. The van der Waals surface area contributed by atoms with Gasteiger partial charge in [0.15, 0.2) is 0 Å². The van der Waals surface area contributed by atoms with Crippen molar-refractivity contribution in [2.75, 3.05) is 0 Å². The SMILES string of the molecule is CC12OC3(C)[C]([Hg])(OC(=O)C(F)(F)S(=O)(=O)[O-])[C-]1OC(=O)C2(C)C3(C)C.[Hf]. The maximum atomic E-state index is 13.7. The average molecular weight is 760 g/mol. The van der Waals surface area contributed by atoms with Crippen molar-refractivity contribution in [1.29, 1.82) is 0 Å². The van der Waals surface area contributed by atoms with Crippen molar-refractivity contribution in [3.8, 4) is 0 Å². The van der Waals surface area contributed by atoms with Crippen molar-refractivity contribution < 1.29 is 97.5 Å². The monoisotopic (exact) mass is 763 g/mol. The molecular formula is C14H15F2HfHgO8S-2. The number of halogens is 2. The van der Waals surface area contributed by atoms with Gasteiger partial charge < -0.3 is 0 Å². The minimum absolute atomic E-state index is 0. The summed E-state index contributed by atoms with van der Waals surface area (Å²) in [5, 5.41) is -5.27. The van der Waals surface area contributed by atoms with Crippen molar-refractivity contribution in [2.24, 2.45) is 10.8 Å². The first kappa shape index (κ1) is 23.8. The molecule has 147 valence electrons. The van der Waals surface area contributed by atoms with E-state index < -0.39 is 78.6 Å². The van der Waals surface area contributed by atoms with Gasteiger partial charge in [0.2, 0.25) is 0 Å². The van der Waals surface area contributed by atoms with E-state index in [2.05, 4.69) is 0 Å². The number of carbonyl (C=O) groups is 2. The number of rotatable bonds is 3. The van der Waals surface area contributed by atoms with Crippen LogP contribution in [-0.4, -0.2) is 44.5 Å². The van der Waals surface area contributed by atoms with E-state index in [0.717, 1.165) is 0 Å². The van der Waals surface area contributed by atoms with Gasteiger partial charge in [-0.1, -0.05) is 0 Å². The molecule has 0 aromatic rings. The molecular weight excluding hydrogens is 745 g/mol. The van der Waals surface area contributed by atoms with Crippen LogP contribution in [0.2, 0.25) is 0 Å². The Balaban J connectivity index is 0.00000261. The van der Waals surface area contributed by atoms with Crippen molar-refractivity contribution in [2.45, 2.75) is 54.2 Å². The van der Waals surface area contributed by atoms with Crippen LogP contribution in [0.4, 0.5) is 8.78 Å². The van der Waals surface area contributed by atoms with Gasteiger partial charge in [-0.05, 0) is 0 Å². The molecule has 0 N–H and O–H groups in total. The average Bonchev–Trinajstić information content (AvgIpc) is 2.81. The third kappa shape index (κ3) is 2.22. The van der Waals surface area contributed by atoms with Crippen LogP contribution < -0.4 is 0 Å². The summed E-state index contributed by atoms with van der Waals surface area (Å²) in [7, 11) is -6.28. The van der Waals surface area contributed by atoms with E-state index in [9.17, 15) is 31.3 Å². The van der Waals surface area contributed by atoms with Crippen molar-refractivity contribution >= 4 is 22.1 Å². The molecule has 0 spiro atoms. The number of hydrogen-bond donors (Lipinski definition) is 0. The first-order chi connectivity index (χ1) is 11.3. The second-order valence-electron chi connectivity index (χ2n) is 7.82. The molecule has 0 amide bonds. The zero-order chi connectivity index (χ0) is 20.4. The van der Waals surface area contributed by atoms with Crippen LogP contribution in [0.5, 0.6) is 0 Å². The second kappa shape index (κ2) is 5.79. The molecule has 3 fully saturated rings. The van der Waals surface area contributed by atoms with Gasteiger partial charge in [0.25, 0.3) is 0 Å². The molecule has 3 aliphatic rings. The third-order valence-corrected chi connectivity index (χ3v) is 12.0. The Morgan fingerprint density at radius 3 is 2.19 bits per heavy atom. The number of esters is 2. The standard InChI is InChI=1S/C14H16F2O8S.Hf.Hg/c1-10(2)11(3)8(17)22-7-6(12(10,4)24-13(7,11)5)23-9(18)14(15,16)25(19,20)21;;/h1-5H3,(H,19,20,21);;/q-1;;/p-1. The first-order valence-corrected chi connectivity index (χ1v) is 11.7. The molecule has 0 aromatic heterocycles. The number of carbonyl (C=O) groups excluding carboxylic acids is 2. The normalized spacial score (nSPS) is 42.7. The number of ether oxygens (including phenoxy) is 3. The summed E-state index contributed by atoms with van der Waals surface area (Å²) in [6, 6.07) is 0. The van der Waals surface area contributed by atoms with Crippen LogP contribution in [0.25, 0.3) is 0 Å². The van der Waals surface area contributed by atoms with E-state index in [4.69, 9.17) is 14.2 Å². The zero-order valence-corrected chi connectivity index (χ0v) is 25.0. The van der Waals surface area contributed by atoms with Gasteiger partial charge in [-0.15, -0.1) is 0 Å². The predicted molar refractivity (Wildman–Crippen MR) is 72.6 cm³/mol. The van der Waals surface area contributed by atoms with E-state index >= 15 is 0 Å². The molecule has 2 bridgehead atoms. The fourth-order valence-corrected chi connectivity index (χ4v) is 8.81. The maximum absolute atomic E-state index is 13.7. The molecule has 0 saturated carbocycles. The quantitative estimate of drug-likeness (QED) is 0.178. The molecule has 4 atom stereocenters. The Morgan fingerprint density at radius 2 is 1.74 bits per heavy atom. The van der Waals surface area contributed by atoms with Crippen LogP contribution in [-0.2, 0) is 85.9 Å². The molecule has 3 heterocycles.